The van der Waals surface area contributed by atoms with E-state index in [-0.39, 0.29) is 36.8 Å². The number of benzene rings is 1. The molecule has 0 saturated carbocycles. The molecular formula is C47H74N10O18. The summed E-state index contributed by atoms with van der Waals surface area (Å²) in [5.74, 6) is -15.1. The molecule has 1 aromatic rings. The zero-order chi connectivity index (χ0) is 57.4. The van der Waals surface area contributed by atoms with Gasteiger partial charge in [0.15, 0.2) is 0 Å². The number of carboxylic acids is 3. The molecule has 0 aliphatic carbocycles. The van der Waals surface area contributed by atoms with Crippen LogP contribution in [0.2, 0.25) is 0 Å². The summed E-state index contributed by atoms with van der Waals surface area (Å²) >= 11 is 0. The first-order valence-corrected chi connectivity index (χ1v) is 24.1. The zero-order valence-corrected chi connectivity index (χ0v) is 42.9. The molecule has 28 heteroatoms. The second-order valence-electron chi connectivity index (χ2n) is 19.1. The van der Waals surface area contributed by atoms with Gasteiger partial charge in [-0.1, -0.05) is 53.7 Å². The Balaban J connectivity index is 3.37. The third-order valence-electron chi connectivity index (χ3n) is 11.1. The smallest absolute Gasteiger partial charge is 0.326 e. The minimum Gasteiger partial charge on any atom is -0.508 e. The van der Waals surface area contributed by atoms with E-state index in [2.05, 4.69) is 42.5 Å². The summed E-state index contributed by atoms with van der Waals surface area (Å²) in [6.07, 6.45) is -5.11. The number of amides is 9. The van der Waals surface area contributed by atoms with Crippen LogP contribution in [0.5, 0.6) is 5.75 Å². The number of primary amides is 1. The Morgan fingerprint density at radius 3 is 1.39 bits per heavy atom. The van der Waals surface area contributed by atoms with E-state index in [0.717, 1.165) is 6.92 Å². The van der Waals surface area contributed by atoms with Crippen molar-refractivity contribution >= 4 is 71.1 Å². The summed E-state index contributed by atoms with van der Waals surface area (Å²) in [4.78, 5) is 155. The molecule has 0 bridgehead atoms. The maximum atomic E-state index is 13.9. The molecule has 0 heterocycles. The van der Waals surface area contributed by atoms with Gasteiger partial charge in [0.25, 0.3) is 0 Å². The van der Waals surface area contributed by atoms with E-state index in [4.69, 9.17) is 16.6 Å². The second kappa shape index (κ2) is 32.0. The average molecular weight is 1070 g/mol. The summed E-state index contributed by atoms with van der Waals surface area (Å²) in [6, 6.07) is -8.96. The number of nitrogens with one attached hydrogen (secondary N) is 8. The second-order valence-corrected chi connectivity index (χ2v) is 19.1. The Kier molecular flexibility index (Phi) is 28.0. The van der Waals surface area contributed by atoms with Crippen LogP contribution < -0.4 is 54.0 Å². The van der Waals surface area contributed by atoms with Crippen molar-refractivity contribution in [1.82, 2.24) is 42.5 Å². The van der Waals surface area contributed by atoms with Crippen molar-refractivity contribution in [3.63, 3.8) is 0 Å². The Hall–Kier alpha value is -7.46. The van der Waals surface area contributed by atoms with Gasteiger partial charge in [0.2, 0.25) is 53.2 Å². The Morgan fingerprint density at radius 2 is 0.920 bits per heavy atom. The lowest BCUT2D eigenvalue weighted by Crippen LogP contribution is -2.63. The number of phenols is 1. The summed E-state index contributed by atoms with van der Waals surface area (Å²) in [5.41, 5.74) is 11.5. The number of carbonyl (C=O) groups excluding carboxylic acids is 9. The van der Waals surface area contributed by atoms with E-state index < -0.39 is 176 Å². The molecule has 28 nitrogen and oxygen atoms in total. The molecule has 0 fully saturated rings. The monoisotopic (exact) mass is 1070 g/mol. The number of nitrogens with two attached hydrogens (primary N) is 2. The van der Waals surface area contributed by atoms with E-state index in [0.29, 0.717) is 5.56 Å². The fourth-order valence-electron chi connectivity index (χ4n) is 7.11. The van der Waals surface area contributed by atoms with Crippen LogP contribution in [0.25, 0.3) is 0 Å². The number of aromatic hydroxyl groups is 1. The first-order valence-electron chi connectivity index (χ1n) is 24.1. The fraction of sp³-hybridized carbons (Fsp3) is 0.617. The topological polar surface area (TPSA) is 474 Å². The number of aliphatic hydroxyl groups excluding tert-OH is 2. The molecule has 0 aliphatic heterocycles. The van der Waals surface area contributed by atoms with Crippen LogP contribution >= 0.6 is 0 Å². The molecule has 9 amide bonds. The highest BCUT2D eigenvalue weighted by atomic mass is 16.4. The minimum atomic E-state index is -1.96. The van der Waals surface area contributed by atoms with Crippen molar-refractivity contribution in [1.29, 1.82) is 0 Å². The molecule has 18 N–H and O–H groups in total. The fourth-order valence-corrected chi connectivity index (χ4v) is 7.11. The molecule has 75 heavy (non-hydrogen) atoms. The van der Waals surface area contributed by atoms with E-state index >= 15 is 0 Å². The number of aliphatic hydroxyl groups is 2. The van der Waals surface area contributed by atoms with Gasteiger partial charge in [-0.2, -0.15) is 0 Å². The van der Waals surface area contributed by atoms with Gasteiger partial charge in [0.05, 0.1) is 25.2 Å². The third-order valence-corrected chi connectivity index (χ3v) is 11.1. The van der Waals surface area contributed by atoms with Crippen molar-refractivity contribution < 1.29 is 88.2 Å². The van der Waals surface area contributed by atoms with Crippen molar-refractivity contribution in [2.45, 2.75) is 160 Å². The molecule has 0 aliphatic rings. The number of rotatable bonds is 34. The van der Waals surface area contributed by atoms with Gasteiger partial charge in [0, 0.05) is 19.3 Å². The van der Waals surface area contributed by atoms with E-state index in [1.165, 1.54) is 38.1 Å². The standard InChI is InChI=1S/C47H74N10O18/c1-21(2)16-30(53-42(69)31(18-25-8-10-26(60)11-9-25)52-39(66)27(48)19-36(64)65)43(70)56-37(23(5)6)45(72)55-33(20-58)44(71)57-38(24(7)59)46(73)51-28(12-14-34(49)61)40(67)50-29(13-15-35(62)63)41(68)54-32(47(74)75)17-22(3)4/h8-11,21-24,27-33,37-38,58-60H,12-20,48H2,1-7H3,(H2,49,61)(H,50,67)(H,51,73)(H,52,66)(H,53,69)(H,54,68)(H,55,72)(H,56,70)(H,57,71)(H,62,63)(H,64,65)(H,74,75)/t24-,27+,28+,29+,30+,31+,32+,33+,37+,38+/m1/s1. The first-order chi connectivity index (χ1) is 34.9. The molecule has 1 aromatic carbocycles. The molecular weight excluding hydrogens is 993 g/mol. The summed E-state index contributed by atoms with van der Waals surface area (Å²) in [7, 11) is 0. The summed E-state index contributed by atoms with van der Waals surface area (Å²) in [5, 5.41) is 77.3. The number of aliphatic carboxylic acids is 3. The average Bonchev–Trinajstić information content (AvgIpc) is 3.30. The molecule has 0 spiro atoms. The molecule has 0 radical (unpaired) electrons. The predicted octanol–water partition coefficient (Wildman–Crippen LogP) is -4.05. The number of carboxylic acid groups (broad SMARTS) is 3. The Morgan fingerprint density at radius 1 is 0.507 bits per heavy atom. The number of carbonyl (C=O) groups is 12. The van der Waals surface area contributed by atoms with Crippen molar-refractivity contribution in [2.75, 3.05) is 6.61 Å². The van der Waals surface area contributed by atoms with Crippen LogP contribution in [0.15, 0.2) is 24.3 Å². The van der Waals surface area contributed by atoms with Crippen LogP contribution in [0.3, 0.4) is 0 Å². The van der Waals surface area contributed by atoms with E-state index in [1.807, 2.05) is 0 Å². The molecule has 420 valence electrons. The number of hydrogen-bond donors (Lipinski definition) is 16. The first kappa shape index (κ1) is 65.6. The minimum absolute atomic E-state index is 0.0236. The molecule has 0 unspecified atom stereocenters. The van der Waals surface area contributed by atoms with Gasteiger partial charge in [0.1, 0.15) is 54.1 Å². The van der Waals surface area contributed by atoms with Crippen LogP contribution in [-0.2, 0) is 64.0 Å². The lowest BCUT2D eigenvalue weighted by Gasteiger charge is -2.29. The van der Waals surface area contributed by atoms with Gasteiger partial charge in [-0.15, -0.1) is 0 Å². The normalized spacial score (nSPS) is 15.2. The SMILES string of the molecule is CC(C)C[C@H](NC(=O)[C@H](CCC(=O)O)NC(=O)[C@H](CCC(N)=O)NC(=O)[C@@H](NC(=O)[C@H](CO)NC(=O)[C@@H](NC(=O)[C@H](CC(C)C)NC(=O)[C@H](Cc1ccc(O)cc1)NC(=O)[C@@H](N)CC(=O)O)C(C)C)[C@@H](C)O)C(=O)O. The maximum absolute atomic E-state index is 13.9. The number of hydrogen-bond acceptors (Lipinski definition) is 16. The van der Waals surface area contributed by atoms with Gasteiger partial charge in [-0.3, -0.25) is 52.7 Å². The van der Waals surface area contributed by atoms with Gasteiger partial charge < -0.3 is 84.6 Å². The van der Waals surface area contributed by atoms with Crippen molar-refractivity contribution in [2.24, 2.45) is 29.2 Å². The molecule has 0 aromatic heterocycles. The van der Waals surface area contributed by atoms with Crippen LogP contribution in [0.1, 0.15) is 99.0 Å². The Labute approximate surface area is 432 Å². The predicted molar refractivity (Wildman–Crippen MR) is 263 cm³/mol. The summed E-state index contributed by atoms with van der Waals surface area (Å²) < 4.78 is 0. The highest BCUT2D eigenvalue weighted by molar-refractivity contribution is 5.98. The quantitative estimate of drug-likeness (QED) is 0.0312. The largest absolute Gasteiger partial charge is 0.508 e. The summed E-state index contributed by atoms with van der Waals surface area (Å²) in [6.45, 7) is 9.75. The highest BCUT2D eigenvalue weighted by Gasteiger charge is 2.37. The van der Waals surface area contributed by atoms with Crippen LogP contribution in [0.4, 0.5) is 0 Å². The zero-order valence-electron chi connectivity index (χ0n) is 42.9. The van der Waals surface area contributed by atoms with E-state index in [1.54, 1.807) is 27.7 Å². The maximum Gasteiger partial charge on any atom is 0.326 e. The Bertz CT molecular complexity index is 2170. The molecule has 1 rings (SSSR count). The molecule has 10 atom stereocenters. The lowest BCUT2D eigenvalue weighted by molar-refractivity contribution is -0.143. The lowest BCUT2D eigenvalue weighted by atomic mass is 9.98. The van der Waals surface area contributed by atoms with Crippen LogP contribution in [0, 0.1) is 17.8 Å². The van der Waals surface area contributed by atoms with Gasteiger partial charge in [-0.25, -0.2) is 4.79 Å². The van der Waals surface area contributed by atoms with Gasteiger partial charge >= 0.3 is 17.9 Å². The van der Waals surface area contributed by atoms with Crippen molar-refractivity contribution in [3.05, 3.63) is 29.8 Å². The van der Waals surface area contributed by atoms with E-state index in [9.17, 15) is 83.1 Å². The van der Waals surface area contributed by atoms with Gasteiger partial charge in [-0.05, 0) is 68.1 Å². The van der Waals surface area contributed by atoms with Crippen LogP contribution in [-0.4, -0.2) is 169 Å². The number of phenolic OH excluding ortho intramolecular Hbond substituents is 1. The molecule has 0 saturated heterocycles. The van der Waals surface area contributed by atoms with Crippen molar-refractivity contribution in [3.8, 4) is 5.75 Å². The third kappa shape index (κ3) is 24.4. The highest BCUT2D eigenvalue weighted by Crippen LogP contribution is 2.14.